The molecule has 33 heavy (non-hydrogen) atoms. The number of hydrogen-bond acceptors (Lipinski definition) is 5. The number of aromatic nitrogens is 1. The van der Waals surface area contributed by atoms with Crippen LogP contribution in [-0.4, -0.2) is 31.2 Å². The van der Waals surface area contributed by atoms with E-state index in [4.69, 9.17) is 9.47 Å². The molecule has 2 aromatic carbocycles. The standard InChI is InChI=1S/C25H24F2N2O4/c1-31-22-11-7-19(16-23(22)33-25(26)27)13-15-29-24(30)12-8-18-5-9-21(10-6-18)32-17-20-4-2-3-14-28-20/h2-12,14,16,25H,13,15,17H2,1H3,(H,29,30)/b12-8+. The van der Waals surface area contributed by atoms with Crippen LogP contribution < -0.4 is 19.5 Å². The number of carbonyl (C=O) groups excluding carboxylic acids is 1. The van der Waals surface area contributed by atoms with Crippen LogP contribution in [0, 0.1) is 0 Å². The third-order valence-electron chi connectivity index (χ3n) is 4.58. The molecule has 3 rings (SSSR count). The van der Waals surface area contributed by atoms with Gasteiger partial charge in [-0.05, 0) is 60.0 Å². The van der Waals surface area contributed by atoms with Gasteiger partial charge in [-0.3, -0.25) is 9.78 Å². The van der Waals surface area contributed by atoms with Gasteiger partial charge in [-0.1, -0.05) is 24.3 Å². The number of nitrogens with one attached hydrogen (secondary N) is 1. The Bertz CT molecular complexity index is 1060. The molecule has 8 heteroatoms. The Labute approximate surface area is 190 Å². The quantitative estimate of drug-likeness (QED) is 0.428. The smallest absolute Gasteiger partial charge is 0.387 e. The summed E-state index contributed by atoms with van der Waals surface area (Å²) in [5.41, 5.74) is 2.42. The highest BCUT2D eigenvalue weighted by Gasteiger charge is 2.11. The van der Waals surface area contributed by atoms with Crippen LogP contribution in [-0.2, 0) is 17.8 Å². The van der Waals surface area contributed by atoms with Gasteiger partial charge < -0.3 is 19.5 Å². The topological polar surface area (TPSA) is 69.7 Å². The Morgan fingerprint density at radius 1 is 1.09 bits per heavy atom. The summed E-state index contributed by atoms with van der Waals surface area (Å²) in [6.07, 6.45) is 5.29. The lowest BCUT2D eigenvalue weighted by molar-refractivity contribution is -0.116. The molecule has 0 unspecified atom stereocenters. The van der Waals surface area contributed by atoms with Crippen molar-refractivity contribution in [2.24, 2.45) is 0 Å². The van der Waals surface area contributed by atoms with Gasteiger partial charge in [0.25, 0.3) is 0 Å². The normalized spacial score (nSPS) is 10.9. The van der Waals surface area contributed by atoms with Crippen LogP contribution >= 0.6 is 0 Å². The maximum absolute atomic E-state index is 12.5. The fourth-order valence-electron chi connectivity index (χ4n) is 2.94. The first-order valence-electron chi connectivity index (χ1n) is 10.2. The summed E-state index contributed by atoms with van der Waals surface area (Å²) in [6.45, 7) is -2.23. The molecule has 0 spiro atoms. The first-order valence-corrected chi connectivity index (χ1v) is 10.2. The highest BCUT2D eigenvalue weighted by molar-refractivity contribution is 5.91. The predicted octanol–water partition coefficient (Wildman–Crippen LogP) is 4.64. The summed E-state index contributed by atoms with van der Waals surface area (Å²) < 4.78 is 40.2. The van der Waals surface area contributed by atoms with Crippen LogP contribution in [0.4, 0.5) is 8.78 Å². The highest BCUT2D eigenvalue weighted by Crippen LogP contribution is 2.29. The summed E-state index contributed by atoms with van der Waals surface area (Å²) >= 11 is 0. The van der Waals surface area contributed by atoms with Crippen molar-refractivity contribution in [1.29, 1.82) is 0 Å². The Morgan fingerprint density at radius 3 is 2.61 bits per heavy atom. The number of ether oxygens (including phenoxy) is 3. The van der Waals surface area contributed by atoms with E-state index in [1.54, 1.807) is 24.4 Å². The Balaban J connectivity index is 1.44. The van der Waals surface area contributed by atoms with E-state index in [9.17, 15) is 13.6 Å². The number of carbonyl (C=O) groups is 1. The lowest BCUT2D eigenvalue weighted by Gasteiger charge is -2.11. The summed E-state index contributed by atoms with van der Waals surface area (Å²) in [7, 11) is 1.38. The summed E-state index contributed by atoms with van der Waals surface area (Å²) in [4.78, 5) is 16.3. The number of methoxy groups -OCH3 is 1. The van der Waals surface area contributed by atoms with Gasteiger partial charge in [0, 0.05) is 18.8 Å². The molecule has 1 aromatic heterocycles. The lowest BCUT2D eigenvalue weighted by atomic mass is 10.1. The molecule has 1 amide bonds. The number of benzene rings is 2. The van der Waals surface area contributed by atoms with Crippen molar-refractivity contribution in [3.8, 4) is 17.2 Å². The lowest BCUT2D eigenvalue weighted by Crippen LogP contribution is -2.23. The molecular formula is C25H24F2N2O4. The second-order valence-electron chi connectivity index (χ2n) is 6.92. The number of halogens is 2. The van der Waals surface area contributed by atoms with Gasteiger partial charge in [0.05, 0.1) is 12.8 Å². The van der Waals surface area contributed by atoms with E-state index in [1.165, 1.54) is 19.3 Å². The average Bonchev–Trinajstić information content (AvgIpc) is 2.82. The second-order valence-corrected chi connectivity index (χ2v) is 6.92. The van der Waals surface area contributed by atoms with Gasteiger partial charge in [0.1, 0.15) is 12.4 Å². The van der Waals surface area contributed by atoms with Gasteiger partial charge in [0.15, 0.2) is 11.5 Å². The minimum absolute atomic E-state index is 0.0383. The average molecular weight is 454 g/mol. The molecule has 6 nitrogen and oxygen atoms in total. The molecular weight excluding hydrogens is 430 g/mol. The van der Waals surface area contributed by atoms with Crippen molar-refractivity contribution in [3.05, 3.63) is 89.8 Å². The molecule has 3 aromatic rings. The first kappa shape index (κ1) is 23.7. The minimum Gasteiger partial charge on any atom is -0.493 e. The van der Waals surface area contributed by atoms with Gasteiger partial charge in [0.2, 0.25) is 5.91 Å². The minimum atomic E-state index is -2.94. The van der Waals surface area contributed by atoms with E-state index >= 15 is 0 Å². The van der Waals surface area contributed by atoms with E-state index in [0.29, 0.717) is 25.3 Å². The molecule has 0 fully saturated rings. The number of alkyl halides is 2. The van der Waals surface area contributed by atoms with Crippen LogP contribution in [0.15, 0.2) is 72.9 Å². The second kappa shape index (κ2) is 12.2. The molecule has 0 aliphatic rings. The van der Waals surface area contributed by atoms with E-state index in [0.717, 1.165) is 16.8 Å². The Morgan fingerprint density at radius 2 is 1.91 bits per heavy atom. The van der Waals surface area contributed by atoms with Crippen LogP contribution in [0.1, 0.15) is 16.8 Å². The van der Waals surface area contributed by atoms with Gasteiger partial charge in [-0.2, -0.15) is 8.78 Å². The molecule has 1 heterocycles. The third kappa shape index (κ3) is 7.92. The summed E-state index contributed by atoms with van der Waals surface area (Å²) in [5, 5.41) is 2.76. The zero-order chi connectivity index (χ0) is 23.5. The van der Waals surface area contributed by atoms with Gasteiger partial charge in [-0.15, -0.1) is 0 Å². The van der Waals surface area contributed by atoms with Crippen LogP contribution in [0.2, 0.25) is 0 Å². The monoisotopic (exact) mass is 454 g/mol. The molecule has 0 aliphatic heterocycles. The third-order valence-corrected chi connectivity index (χ3v) is 4.58. The predicted molar refractivity (Wildman–Crippen MR) is 120 cm³/mol. The van der Waals surface area contributed by atoms with Crippen molar-refractivity contribution in [2.45, 2.75) is 19.6 Å². The number of pyridine rings is 1. The molecule has 0 bridgehead atoms. The van der Waals surface area contributed by atoms with Crippen molar-refractivity contribution < 1.29 is 27.8 Å². The van der Waals surface area contributed by atoms with Crippen LogP contribution in [0.5, 0.6) is 17.2 Å². The first-order chi connectivity index (χ1) is 16.0. The Kier molecular flexibility index (Phi) is 8.76. The van der Waals surface area contributed by atoms with E-state index in [-0.39, 0.29) is 17.4 Å². The molecule has 1 N–H and O–H groups in total. The molecule has 0 atom stereocenters. The Hall–Kier alpha value is -3.94. The molecule has 0 saturated heterocycles. The number of nitrogens with zero attached hydrogens (tertiary/aromatic N) is 1. The highest BCUT2D eigenvalue weighted by atomic mass is 19.3. The van der Waals surface area contributed by atoms with Crippen molar-refractivity contribution in [3.63, 3.8) is 0 Å². The van der Waals surface area contributed by atoms with Crippen molar-refractivity contribution >= 4 is 12.0 Å². The molecule has 172 valence electrons. The summed E-state index contributed by atoms with van der Waals surface area (Å²) in [6, 6.07) is 17.7. The molecule has 0 saturated carbocycles. The van der Waals surface area contributed by atoms with Crippen LogP contribution in [0.25, 0.3) is 6.08 Å². The van der Waals surface area contributed by atoms with E-state index in [1.807, 2.05) is 42.5 Å². The van der Waals surface area contributed by atoms with E-state index in [2.05, 4.69) is 15.0 Å². The molecule has 0 aliphatic carbocycles. The van der Waals surface area contributed by atoms with Crippen LogP contribution in [0.3, 0.4) is 0 Å². The fourth-order valence-corrected chi connectivity index (χ4v) is 2.94. The van der Waals surface area contributed by atoms with Gasteiger partial charge in [-0.25, -0.2) is 0 Å². The number of amides is 1. The zero-order valence-corrected chi connectivity index (χ0v) is 18.0. The van der Waals surface area contributed by atoms with Crippen molar-refractivity contribution in [2.75, 3.05) is 13.7 Å². The summed E-state index contributed by atoms with van der Waals surface area (Å²) in [5.74, 6) is 0.628. The maximum Gasteiger partial charge on any atom is 0.387 e. The maximum atomic E-state index is 12.5. The zero-order valence-electron chi connectivity index (χ0n) is 18.0. The largest absolute Gasteiger partial charge is 0.493 e. The van der Waals surface area contributed by atoms with Gasteiger partial charge >= 0.3 is 6.61 Å². The number of hydrogen-bond donors (Lipinski definition) is 1. The van der Waals surface area contributed by atoms with E-state index < -0.39 is 6.61 Å². The SMILES string of the molecule is COc1ccc(CCNC(=O)/C=C/c2ccc(OCc3ccccn3)cc2)cc1OC(F)F. The van der Waals surface area contributed by atoms with Crippen molar-refractivity contribution in [1.82, 2.24) is 10.3 Å². The number of rotatable bonds is 11. The fraction of sp³-hybridized carbons (Fsp3) is 0.200. The molecule has 0 radical (unpaired) electrons.